The summed E-state index contributed by atoms with van der Waals surface area (Å²) in [4.78, 5) is 12.8. The SMILES string of the molecule is Cc1nc(CN[C@H](C)c2ncccn2)ccc1C#N. The third-order valence-corrected chi connectivity index (χ3v) is 2.83. The van der Waals surface area contributed by atoms with E-state index in [2.05, 4.69) is 26.3 Å². The van der Waals surface area contributed by atoms with Crippen molar-refractivity contribution in [2.75, 3.05) is 0 Å². The van der Waals surface area contributed by atoms with Gasteiger partial charge in [-0.25, -0.2) is 9.97 Å². The van der Waals surface area contributed by atoms with E-state index < -0.39 is 0 Å². The second-order valence-electron chi connectivity index (χ2n) is 4.26. The number of nitriles is 1. The van der Waals surface area contributed by atoms with Crippen molar-refractivity contribution in [1.29, 1.82) is 5.26 Å². The molecular formula is C14H15N5. The van der Waals surface area contributed by atoms with E-state index in [0.29, 0.717) is 12.1 Å². The molecule has 1 atom stereocenters. The summed E-state index contributed by atoms with van der Waals surface area (Å²) in [5.74, 6) is 0.757. The van der Waals surface area contributed by atoms with E-state index in [1.54, 1.807) is 24.5 Å². The van der Waals surface area contributed by atoms with E-state index in [0.717, 1.165) is 17.2 Å². The van der Waals surface area contributed by atoms with Crippen LogP contribution in [0.5, 0.6) is 0 Å². The molecule has 0 saturated carbocycles. The Morgan fingerprint density at radius 2 is 2.05 bits per heavy atom. The van der Waals surface area contributed by atoms with Crippen molar-refractivity contribution in [3.63, 3.8) is 0 Å². The minimum atomic E-state index is 0.0546. The Morgan fingerprint density at radius 1 is 1.32 bits per heavy atom. The first-order valence-corrected chi connectivity index (χ1v) is 6.07. The van der Waals surface area contributed by atoms with Gasteiger partial charge in [0.1, 0.15) is 11.9 Å². The number of hydrogen-bond donors (Lipinski definition) is 1. The predicted molar refractivity (Wildman–Crippen MR) is 71.0 cm³/mol. The highest BCUT2D eigenvalue weighted by Gasteiger charge is 2.08. The molecule has 0 radical (unpaired) electrons. The number of hydrogen-bond acceptors (Lipinski definition) is 5. The van der Waals surface area contributed by atoms with Crippen molar-refractivity contribution in [2.24, 2.45) is 0 Å². The van der Waals surface area contributed by atoms with Crippen LogP contribution < -0.4 is 5.32 Å². The summed E-state index contributed by atoms with van der Waals surface area (Å²) in [6, 6.07) is 7.61. The standard InChI is InChI=1S/C14H15N5/c1-10-12(8-15)4-5-13(19-10)9-18-11(2)14-16-6-3-7-17-14/h3-7,11,18H,9H2,1-2H3/t11-/m1/s1. The Morgan fingerprint density at radius 3 is 2.68 bits per heavy atom. The van der Waals surface area contributed by atoms with Crippen molar-refractivity contribution in [3.8, 4) is 6.07 Å². The monoisotopic (exact) mass is 253 g/mol. The molecule has 0 spiro atoms. The molecule has 2 rings (SSSR count). The molecule has 5 nitrogen and oxygen atoms in total. The molecule has 96 valence electrons. The molecular weight excluding hydrogens is 238 g/mol. The first-order valence-electron chi connectivity index (χ1n) is 6.07. The Hall–Kier alpha value is -2.32. The summed E-state index contributed by atoms with van der Waals surface area (Å²) in [6.45, 7) is 4.46. The lowest BCUT2D eigenvalue weighted by atomic mass is 10.2. The molecule has 2 aromatic heterocycles. The fraction of sp³-hybridized carbons (Fsp3) is 0.286. The van der Waals surface area contributed by atoms with E-state index in [9.17, 15) is 0 Å². The summed E-state index contributed by atoms with van der Waals surface area (Å²) in [5.41, 5.74) is 2.27. The lowest BCUT2D eigenvalue weighted by Gasteiger charge is -2.12. The zero-order valence-electron chi connectivity index (χ0n) is 11.0. The minimum absolute atomic E-state index is 0.0546. The van der Waals surface area contributed by atoms with Crippen LogP contribution in [0.25, 0.3) is 0 Å². The highest BCUT2D eigenvalue weighted by atomic mass is 15.0. The first kappa shape index (κ1) is 13.1. The second kappa shape index (κ2) is 6.03. The Kier molecular flexibility index (Phi) is 4.16. The van der Waals surface area contributed by atoms with Gasteiger partial charge in [-0.05, 0) is 32.0 Å². The number of aromatic nitrogens is 3. The van der Waals surface area contributed by atoms with Gasteiger partial charge in [0.25, 0.3) is 0 Å². The topological polar surface area (TPSA) is 74.5 Å². The molecule has 0 aromatic carbocycles. The normalized spacial score (nSPS) is 11.8. The molecule has 0 fully saturated rings. The van der Waals surface area contributed by atoms with E-state index in [1.807, 2.05) is 19.9 Å². The van der Waals surface area contributed by atoms with Crippen LogP contribution in [0.2, 0.25) is 0 Å². The van der Waals surface area contributed by atoms with Crippen LogP contribution in [-0.2, 0) is 6.54 Å². The van der Waals surface area contributed by atoms with Gasteiger partial charge in [-0.3, -0.25) is 4.98 Å². The zero-order chi connectivity index (χ0) is 13.7. The van der Waals surface area contributed by atoms with Crippen LogP contribution in [0.1, 0.15) is 35.7 Å². The average Bonchev–Trinajstić information content (AvgIpc) is 2.46. The molecule has 0 saturated heterocycles. The van der Waals surface area contributed by atoms with E-state index in [1.165, 1.54) is 0 Å². The van der Waals surface area contributed by atoms with Gasteiger partial charge >= 0.3 is 0 Å². The third kappa shape index (κ3) is 3.33. The summed E-state index contributed by atoms with van der Waals surface area (Å²) >= 11 is 0. The van der Waals surface area contributed by atoms with Crippen molar-refractivity contribution in [3.05, 3.63) is 53.4 Å². The molecule has 2 aromatic rings. The van der Waals surface area contributed by atoms with Gasteiger partial charge in [0.2, 0.25) is 0 Å². The molecule has 0 aliphatic heterocycles. The average molecular weight is 253 g/mol. The van der Waals surface area contributed by atoms with Gasteiger partial charge in [0, 0.05) is 18.9 Å². The number of aryl methyl sites for hydroxylation is 1. The van der Waals surface area contributed by atoms with Crippen molar-refractivity contribution in [1.82, 2.24) is 20.3 Å². The van der Waals surface area contributed by atoms with Crippen molar-refractivity contribution < 1.29 is 0 Å². The smallest absolute Gasteiger partial charge is 0.144 e. The molecule has 2 heterocycles. The number of pyridine rings is 1. The lowest BCUT2D eigenvalue weighted by molar-refractivity contribution is 0.540. The third-order valence-electron chi connectivity index (χ3n) is 2.83. The minimum Gasteiger partial charge on any atom is -0.302 e. The quantitative estimate of drug-likeness (QED) is 0.900. The van der Waals surface area contributed by atoms with E-state index in [4.69, 9.17) is 5.26 Å². The zero-order valence-corrected chi connectivity index (χ0v) is 11.0. The van der Waals surface area contributed by atoms with Crippen LogP contribution >= 0.6 is 0 Å². The van der Waals surface area contributed by atoms with E-state index >= 15 is 0 Å². The van der Waals surface area contributed by atoms with Crippen LogP contribution in [0, 0.1) is 18.3 Å². The summed E-state index contributed by atoms with van der Waals surface area (Å²) < 4.78 is 0. The highest BCUT2D eigenvalue weighted by Crippen LogP contribution is 2.08. The van der Waals surface area contributed by atoms with Crippen LogP contribution in [-0.4, -0.2) is 15.0 Å². The van der Waals surface area contributed by atoms with Crippen molar-refractivity contribution >= 4 is 0 Å². The molecule has 0 unspecified atom stereocenters. The Balaban J connectivity index is 2.00. The molecule has 0 aliphatic carbocycles. The first-order chi connectivity index (χ1) is 9.20. The van der Waals surface area contributed by atoms with Gasteiger partial charge in [0.05, 0.1) is 23.0 Å². The van der Waals surface area contributed by atoms with Crippen LogP contribution in [0.15, 0.2) is 30.6 Å². The summed E-state index contributed by atoms with van der Waals surface area (Å²) in [7, 11) is 0. The fourth-order valence-electron chi connectivity index (χ4n) is 1.71. The summed E-state index contributed by atoms with van der Waals surface area (Å²) in [5, 5.41) is 12.2. The Bertz CT molecular complexity index is 589. The maximum atomic E-state index is 8.85. The maximum Gasteiger partial charge on any atom is 0.144 e. The molecule has 19 heavy (non-hydrogen) atoms. The molecule has 5 heteroatoms. The van der Waals surface area contributed by atoms with E-state index in [-0.39, 0.29) is 6.04 Å². The van der Waals surface area contributed by atoms with Gasteiger partial charge in [-0.2, -0.15) is 5.26 Å². The molecule has 0 aliphatic rings. The largest absolute Gasteiger partial charge is 0.302 e. The Labute approximate surface area is 112 Å². The van der Waals surface area contributed by atoms with Gasteiger partial charge in [0.15, 0.2) is 0 Å². The predicted octanol–water partition coefficient (Wildman–Crippen LogP) is 1.90. The summed E-state index contributed by atoms with van der Waals surface area (Å²) in [6.07, 6.45) is 3.45. The van der Waals surface area contributed by atoms with Crippen LogP contribution in [0.3, 0.4) is 0 Å². The fourth-order valence-corrected chi connectivity index (χ4v) is 1.71. The van der Waals surface area contributed by atoms with Gasteiger partial charge in [-0.15, -0.1) is 0 Å². The molecule has 0 amide bonds. The number of nitrogens with one attached hydrogen (secondary N) is 1. The highest BCUT2D eigenvalue weighted by molar-refractivity contribution is 5.33. The number of nitrogens with zero attached hydrogens (tertiary/aromatic N) is 4. The van der Waals surface area contributed by atoms with Gasteiger partial charge < -0.3 is 5.32 Å². The maximum absolute atomic E-state index is 8.85. The molecule has 1 N–H and O–H groups in total. The lowest BCUT2D eigenvalue weighted by Crippen LogP contribution is -2.20. The van der Waals surface area contributed by atoms with Crippen molar-refractivity contribution in [2.45, 2.75) is 26.4 Å². The molecule has 0 bridgehead atoms. The van der Waals surface area contributed by atoms with Gasteiger partial charge in [-0.1, -0.05) is 0 Å². The second-order valence-corrected chi connectivity index (χ2v) is 4.26. The van der Waals surface area contributed by atoms with Crippen LogP contribution in [0.4, 0.5) is 0 Å². The number of rotatable bonds is 4.